The summed E-state index contributed by atoms with van der Waals surface area (Å²) in [6, 6.07) is 0. The van der Waals surface area contributed by atoms with Crippen molar-refractivity contribution in [1.29, 1.82) is 0 Å². The zero-order valence-electron chi connectivity index (χ0n) is 1.56. The van der Waals surface area contributed by atoms with Crippen LogP contribution in [0.5, 0.6) is 0 Å². The van der Waals surface area contributed by atoms with Crippen LogP contribution in [0.2, 0.25) is 0 Å². The fourth-order valence-electron chi connectivity index (χ4n) is 0. The molecule has 0 aliphatic carbocycles. The molecule has 0 atom stereocenters. The Balaban J connectivity index is -0.00000000500. The van der Waals surface area contributed by atoms with Crippen LogP contribution >= 0.6 is 0 Å². The third kappa shape index (κ3) is 8.82. The van der Waals surface area contributed by atoms with E-state index in [1.807, 2.05) is 0 Å². The molecule has 0 aliphatic heterocycles. The summed E-state index contributed by atoms with van der Waals surface area (Å²) < 4.78 is 8.42. The van der Waals surface area contributed by atoms with Crippen molar-refractivity contribution in [3.05, 3.63) is 0 Å². The summed E-state index contributed by atoms with van der Waals surface area (Å²) in [5, 5.41) is 0. The van der Waals surface area contributed by atoms with Gasteiger partial charge < -0.3 is 0 Å². The Morgan fingerprint density at radius 2 is 1.25 bits per heavy atom. The van der Waals surface area contributed by atoms with E-state index in [1.54, 1.807) is 0 Å². The van der Waals surface area contributed by atoms with Gasteiger partial charge >= 0.3 is 35.5 Å². The van der Waals surface area contributed by atoms with Gasteiger partial charge in [-0.1, -0.05) is 0 Å². The molecule has 4 heteroatoms. The van der Waals surface area contributed by atoms with Crippen molar-refractivity contribution in [1.82, 2.24) is 0 Å². The molecular weight excluding hydrogens is 271 g/mol. The Labute approximate surface area is 83.6 Å². The summed E-state index contributed by atoms with van der Waals surface area (Å²) in [7, 11) is 0. The monoisotopic (exact) mass is 274 g/mol. The molecule has 0 rings (SSSR count). The molecule has 0 saturated carbocycles. The van der Waals surface area contributed by atoms with Crippen molar-refractivity contribution in [2.45, 2.75) is 0 Å². The summed E-state index contributed by atoms with van der Waals surface area (Å²) in [5.41, 5.74) is 0. The van der Waals surface area contributed by atoms with Crippen molar-refractivity contribution < 1.29 is 68.2 Å². The van der Waals surface area contributed by atoms with Crippen LogP contribution in [0.25, 0.3) is 0 Å². The molecule has 1 radical (unpaired) electrons. The van der Waals surface area contributed by atoms with E-state index < -0.39 is 0 Å². The van der Waals surface area contributed by atoms with E-state index in [0.717, 1.165) is 0 Å². The second-order valence-corrected chi connectivity index (χ2v) is 0. The fourth-order valence-corrected chi connectivity index (χ4v) is 0. The molecular formula is H3AlLaOY. The van der Waals surface area contributed by atoms with Crippen LogP contribution < -0.4 is 0 Å². The first-order chi connectivity index (χ1) is 1.00. The first-order valence-corrected chi connectivity index (χ1v) is 1.72. The van der Waals surface area contributed by atoms with E-state index in [0.29, 0.717) is 0 Å². The maximum atomic E-state index is 8.42. The largest absolute Gasteiger partial charge is 0 e. The van der Waals surface area contributed by atoms with Gasteiger partial charge in [0.15, 0.2) is 17.4 Å². The number of hydrogen-bond acceptors (Lipinski definition) is 1. The Hall–Kier alpha value is 2.63. The van der Waals surface area contributed by atoms with Crippen LogP contribution in [0.4, 0.5) is 0 Å². The molecule has 0 saturated heterocycles. The second kappa shape index (κ2) is 17.4. The first kappa shape index (κ1) is 15.9. The Kier molecular flexibility index (Phi) is 69.6. The molecule has 1 nitrogen and oxygen atoms in total. The van der Waals surface area contributed by atoms with Crippen molar-refractivity contribution in [3.63, 3.8) is 0 Å². The van der Waals surface area contributed by atoms with E-state index in [1.165, 1.54) is 0 Å². The Morgan fingerprint density at radius 1 is 1.25 bits per heavy atom. The molecule has 0 fully saturated rings. The third-order valence-electron chi connectivity index (χ3n) is 0. The zero-order chi connectivity index (χ0) is 2.00. The smallest absolute Gasteiger partial charge is 0 e. The van der Waals surface area contributed by atoms with Crippen LogP contribution in [0.3, 0.4) is 0 Å². The average molecular weight is 274 g/mol. The molecule has 0 N–H and O–H groups in total. The molecule has 4 heavy (non-hydrogen) atoms. The molecule has 0 unspecified atom stereocenters. The standard InChI is InChI=1S/Al.La.O.Y.3H. The van der Waals surface area contributed by atoms with E-state index >= 15 is 0 Å². The van der Waals surface area contributed by atoms with Gasteiger partial charge in [-0.3, -0.25) is 0 Å². The van der Waals surface area contributed by atoms with Crippen LogP contribution in [0.1, 0.15) is 0 Å². The maximum absolute atomic E-state index is 8.42. The minimum Gasteiger partial charge on any atom is 0 e. The van der Waals surface area contributed by atoms with Crippen molar-refractivity contribution in [2.24, 2.45) is 0 Å². The van der Waals surface area contributed by atoms with Crippen LogP contribution in [-0.2, 0) is 34.4 Å². The van der Waals surface area contributed by atoms with Gasteiger partial charge in [-0.2, -0.15) is 0 Å². The van der Waals surface area contributed by atoms with Gasteiger partial charge in [-0.15, -0.1) is 0 Å². The SMILES string of the molecule is [AlH3].[O]=[La].[Y]. The molecule has 0 aliphatic rings. The molecule has 0 aromatic rings. The third-order valence-corrected chi connectivity index (χ3v) is 0. The quantitative estimate of drug-likeness (QED) is 0.501. The molecule has 0 amide bonds. The Bertz CT molecular complexity index is 8.00. The van der Waals surface area contributed by atoms with Gasteiger partial charge in [0.25, 0.3) is 0 Å². The molecule has 0 aromatic carbocycles. The summed E-state index contributed by atoms with van der Waals surface area (Å²) in [6.45, 7) is 0. The van der Waals surface area contributed by atoms with E-state index in [2.05, 4.69) is 0 Å². The van der Waals surface area contributed by atoms with Crippen LogP contribution in [0.15, 0.2) is 0 Å². The molecule has 0 bridgehead atoms. The minimum absolute atomic E-state index is 0. The van der Waals surface area contributed by atoms with Crippen molar-refractivity contribution in [2.75, 3.05) is 0 Å². The molecule has 0 spiro atoms. The second-order valence-electron chi connectivity index (χ2n) is 0. The van der Waals surface area contributed by atoms with Crippen molar-refractivity contribution in [3.8, 4) is 0 Å². The molecule has 18 valence electrons. The average Bonchev–Trinajstić information content (AvgIpc) is 1.00. The maximum Gasteiger partial charge on any atom is 0 e. The zero-order valence-corrected chi connectivity index (χ0v) is 8.03. The van der Waals surface area contributed by atoms with Gasteiger partial charge in [0.1, 0.15) is 0 Å². The number of hydrogen-bond donors (Lipinski definition) is 0. The predicted octanol–water partition coefficient (Wildman–Crippen LogP) is -1.31. The van der Waals surface area contributed by atoms with Crippen LogP contribution in [-0.4, -0.2) is 17.4 Å². The van der Waals surface area contributed by atoms with E-state index in [9.17, 15) is 0 Å². The van der Waals surface area contributed by atoms with Gasteiger partial charge in [0.05, 0.1) is 0 Å². The van der Waals surface area contributed by atoms with E-state index in [4.69, 9.17) is 1.70 Å². The first-order valence-electron chi connectivity index (χ1n) is 0.236. The fraction of sp³-hybridized carbons (Fsp3) is 0. The van der Waals surface area contributed by atoms with Gasteiger partial charge in [-0.05, 0) is 0 Å². The van der Waals surface area contributed by atoms with Gasteiger partial charge in [0.2, 0.25) is 0 Å². The molecule has 0 aromatic heterocycles. The molecule has 0 heterocycles. The Morgan fingerprint density at radius 3 is 1.25 bits per heavy atom. The van der Waals surface area contributed by atoms with Gasteiger partial charge in [0, 0.05) is 32.7 Å². The number of rotatable bonds is 0. The van der Waals surface area contributed by atoms with Crippen molar-refractivity contribution >= 4 is 17.4 Å². The summed E-state index contributed by atoms with van der Waals surface area (Å²) >= 11 is -0.0833. The van der Waals surface area contributed by atoms with E-state index in [-0.39, 0.29) is 83.9 Å². The minimum atomic E-state index is -0.0833. The van der Waals surface area contributed by atoms with Crippen LogP contribution in [0, 0.1) is 33.8 Å². The topological polar surface area (TPSA) is 17.1 Å². The predicted molar refractivity (Wildman–Crippen MR) is 10.6 cm³/mol. The summed E-state index contributed by atoms with van der Waals surface area (Å²) in [5.74, 6) is 0. The van der Waals surface area contributed by atoms with Gasteiger partial charge in [-0.25, -0.2) is 0 Å². The summed E-state index contributed by atoms with van der Waals surface area (Å²) in [6.07, 6.45) is 0. The normalized spacial score (nSPS) is 1.50. The summed E-state index contributed by atoms with van der Waals surface area (Å²) in [4.78, 5) is 0.